The lowest BCUT2D eigenvalue weighted by Crippen LogP contribution is -2.47. The first-order valence-corrected chi connectivity index (χ1v) is 6.66. The number of ether oxygens (including phenoxy) is 2. The van der Waals surface area contributed by atoms with Gasteiger partial charge in [0.05, 0.1) is 6.04 Å². The zero-order valence-corrected chi connectivity index (χ0v) is 11.0. The molecule has 0 saturated carbocycles. The van der Waals surface area contributed by atoms with E-state index < -0.39 is 0 Å². The monoisotopic (exact) mass is 262 g/mol. The van der Waals surface area contributed by atoms with Gasteiger partial charge in [-0.3, -0.25) is 4.79 Å². The molecule has 2 heterocycles. The van der Waals surface area contributed by atoms with Gasteiger partial charge < -0.3 is 19.7 Å². The molecule has 0 aromatic heterocycles. The quantitative estimate of drug-likeness (QED) is 0.878. The summed E-state index contributed by atoms with van der Waals surface area (Å²) in [4.78, 5) is 14.1. The van der Waals surface area contributed by atoms with E-state index in [4.69, 9.17) is 9.47 Å². The number of anilines is 1. The minimum absolute atomic E-state index is 0.0656. The molecule has 102 valence electrons. The molecule has 1 fully saturated rings. The highest BCUT2D eigenvalue weighted by Gasteiger charge is 2.25. The molecule has 5 nitrogen and oxygen atoms in total. The minimum atomic E-state index is -0.0656. The van der Waals surface area contributed by atoms with Crippen LogP contribution in [0.25, 0.3) is 0 Å². The molecule has 1 atom stereocenters. The van der Waals surface area contributed by atoms with Crippen molar-refractivity contribution in [3.8, 4) is 11.5 Å². The number of likely N-dealkylation sites (N-methyl/N-ethyl adjacent to an activating group) is 1. The first kappa shape index (κ1) is 12.3. The average Bonchev–Trinajstić information content (AvgIpc) is 2.94. The van der Waals surface area contributed by atoms with Crippen molar-refractivity contribution in [3.63, 3.8) is 0 Å². The van der Waals surface area contributed by atoms with E-state index >= 15 is 0 Å². The van der Waals surface area contributed by atoms with Crippen molar-refractivity contribution in [1.29, 1.82) is 0 Å². The molecule has 19 heavy (non-hydrogen) atoms. The lowest BCUT2D eigenvalue weighted by molar-refractivity contribution is -0.120. The molecular formula is C14H18N2O3. The van der Waals surface area contributed by atoms with Crippen LogP contribution >= 0.6 is 0 Å². The van der Waals surface area contributed by atoms with Gasteiger partial charge in [0.15, 0.2) is 11.5 Å². The third-order valence-electron chi connectivity index (χ3n) is 3.68. The molecule has 3 rings (SSSR count). The molecule has 1 amide bonds. The highest BCUT2D eigenvalue weighted by molar-refractivity contribution is 5.97. The van der Waals surface area contributed by atoms with Crippen LogP contribution in [-0.2, 0) is 4.79 Å². The van der Waals surface area contributed by atoms with Gasteiger partial charge in [-0.15, -0.1) is 0 Å². The first-order chi connectivity index (χ1) is 9.25. The summed E-state index contributed by atoms with van der Waals surface area (Å²) in [6.07, 6.45) is 3.17. The summed E-state index contributed by atoms with van der Waals surface area (Å²) >= 11 is 0. The molecule has 0 spiro atoms. The Morgan fingerprint density at radius 2 is 2.16 bits per heavy atom. The van der Waals surface area contributed by atoms with Gasteiger partial charge in [-0.25, -0.2) is 0 Å². The van der Waals surface area contributed by atoms with Crippen molar-refractivity contribution in [2.75, 3.05) is 25.3 Å². The third kappa shape index (κ3) is 2.38. The fraction of sp³-hybridized carbons (Fsp3) is 0.500. The molecule has 1 aromatic rings. The van der Waals surface area contributed by atoms with Crippen LogP contribution in [0.2, 0.25) is 0 Å². The lowest BCUT2D eigenvalue weighted by atomic mass is 10.0. The van der Waals surface area contributed by atoms with E-state index in [1.807, 2.05) is 18.2 Å². The molecule has 2 aliphatic rings. The first-order valence-electron chi connectivity index (χ1n) is 6.66. The summed E-state index contributed by atoms with van der Waals surface area (Å²) in [6.45, 7) is 1.17. The van der Waals surface area contributed by atoms with Gasteiger partial charge in [0.1, 0.15) is 0 Å². The van der Waals surface area contributed by atoms with Crippen LogP contribution in [0.5, 0.6) is 11.5 Å². The second-order valence-corrected chi connectivity index (χ2v) is 4.94. The number of amides is 1. The maximum Gasteiger partial charge on any atom is 0.243 e. The number of piperidine rings is 1. The van der Waals surface area contributed by atoms with E-state index in [0.717, 1.165) is 37.2 Å². The predicted molar refractivity (Wildman–Crippen MR) is 71.6 cm³/mol. The summed E-state index contributed by atoms with van der Waals surface area (Å²) in [6, 6.07) is 5.51. The van der Waals surface area contributed by atoms with Gasteiger partial charge in [0, 0.05) is 18.8 Å². The van der Waals surface area contributed by atoms with Gasteiger partial charge in [0.2, 0.25) is 12.7 Å². The van der Waals surface area contributed by atoms with E-state index in [0.29, 0.717) is 5.75 Å². The zero-order valence-electron chi connectivity index (χ0n) is 11.0. The molecule has 1 saturated heterocycles. The number of hydrogen-bond acceptors (Lipinski definition) is 4. The molecular weight excluding hydrogens is 244 g/mol. The van der Waals surface area contributed by atoms with Crippen LogP contribution in [-0.4, -0.2) is 32.3 Å². The molecule has 2 aliphatic heterocycles. The van der Waals surface area contributed by atoms with E-state index in [2.05, 4.69) is 5.32 Å². The van der Waals surface area contributed by atoms with Crippen LogP contribution in [0, 0.1) is 0 Å². The lowest BCUT2D eigenvalue weighted by Gasteiger charge is -2.27. The predicted octanol–water partition coefficient (Wildman–Crippen LogP) is 1.52. The molecule has 1 aromatic carbocycles. The number of hydrogen-bond donors (Lipinski definition) is 1. The van der Waals surface area contributed by atoms with Crippen molar-refractivity contribution >= 4 is 11.6 Å². The van der Waals surface area contributed by atoms with Crippen LogP contribution in [0.4, 0.5) is 5.69 Å². The van der Waals surface area contributed by atoms with Crippen molar-refractivity contribution in [2.45, 2.75) is 25.3 Å². The van der Waals surface area contributed by atoms with Gasteiger partial charge in [-0.1, -0.05) is 6.42 Å². The van der Waals surface area contributed by atoms with Gasteiger partial charge in [-0.05, 0) is 31.5 Å². The van der Waals surface area contributed by atoms with Crippen LogP contribution in [0.15, 0.2) is 18.2 Å². The Morgan fingerprint density at radius 3 is 2.95 bits per heavy atom. The number of benzene rings is 1. The molecule has 1 N–H and O–H groups in total. The Kier molecular flexibility index (Phi) is 3.29. The van der Waals surface area contributed by atoms with Crippen LogP contribution in [0.1, 0.15) is 19.3 Å². The van der Waals surface area contributed by atoms with E-state index in [-0.39, 0.29) is 18.7 Å². The second-order valence-electron chi connectivity index (χ2n) is 4.94. The summed E-state index contributed by atoms with van der Waals surface area (Å²) in [5, 5.41) is 3.27. The third-order valence-corrected chi connectivity index (χ3v) is 3.68. The smallest absolute Gasteiger partial charge is 0.243 e. The Labute approximate surface area is 112 Å². The minimum Gasteiger partial charge on any atom is -0.454 e. The SMILES string of the molecule is CN(C(=O)C1CCCCN1)c1ccc2c(c1)OCO2. The number of nitrogens with zero attached hydrogens (tertiary/aromatic N) is 1. The summed E-state index contributed by atoms with van der Waals surface area (Å²) in [7, 11) is 1.80. The fourth-order valence-corrected chi connectivity index (χ4v) is 2.52. The van der Waals surface area contributed by atoms with E-state index in [1.54, 1.807) is 11.9 Å². The van der Waals surface area contributed by atoms with Crippen molar-refractivity contribution in [2.24, 2.45) is 0 Å². The highest BCUT2D eigenvalue weighted by Crippen LogP contribution is 2.35. The average molecular weight is 262 g/mol. The van der Waals surface area contributed by atoms with E-state index in [9.17, 15) is 4.79 Å². The van der Waals surface area contributed by atoms with Gasteiger partial charge in [0.25, 0.3) is 0 Å². The maximum atomic E-state index is 12.4. The van der Waals surface area contributed by atoms with E-state index in [1.165, 1.54) is 0 Å². The molecule has 0 radical (unpaired) electrons. The molecule has 0 aliphatic carbocycles. The fourth-order valence-electron chi connectivity index (χ4n) is 2.52. The summed E-state index contributed by atoms with van der Waals surface area (Å²) in [5.74, 6) is 1.55. The van der Waals surface area contributed by atoms with Gasteiger partial charge in [-0.2, -0.15) is 0 Å². The van der Waals surface area contributed by atoms with Crippen molar-refractivity contribution < 1.29 is 14.3 Å². The Hall–Kier alpha value is -1.75. The molecule has 5 heteroatoms. The number of fused-ring (bicyclic) bond motifs is 1. The topological polar surface area (TPSA) is 50.8 Å². The summed E-state index contributed by atoms with van der Waals surface area (Å²) < 4.78 is 10.6. The Balaban J connectivity index is 1.75. The standard InChI is InChI=1S/C14H18N2O3/c1-16(14(17)11-4-2-3-7-15-11)10-5-6-12-13(8-10)19-9-18-12/h5-6,8,11,15H,2-4,7,9H2,1H3. The maximum absolute atomic E-state index is 12.4. The Morgan fingerprint density at radius 1 is 1.32 bits per heavy atom. The largest absolute Gasteiger partial charge is 0.454 e. The normalized spacial score (nSPS) is 21.2. The highest BCUT2D eigenvalue weighted by atomic mass is 16.7. The molecule has 1 unspecified atom stereocenters. The Bertz CT molecular complexity index is 484. The van der Waals surface area contributed by atoms with Crippen LogP contribution < -0.4 is 19.7 Å². The number of carbonyl (C=O) groups excluding carboxylic acids is 1. The number of carbonyl (C=O) groups is 1. The molecule has 0 bridgehead atoms. The zero-order chi connectivity index (χ0) is 13.2. The number of nitrogens with one attached hydrogen (secondary N) is 1. The number of rotatable bonds is 2. The summed E-state index contributed by atoms with van der Waals surface area (Å²) in [5.41, 5.74) is 0.835. The second kappa shape index (κ2) is 5.09. The van der Waals surface area contributed by atoms with Crippen molar-refractivity contribution in [3.05, 3.63) is 18.2 Å². The van der Waals surface area contributed by atoms with Crippen LogP contribution in [0.3, 0.4) is 0 Å². The van der Waals surface area contributed by atoms with Crippen molar-refractivity contribution in [1.82, 2.24) is 5.32 Å². The van der Waals surface area contributed by atoms with Gasteiger partial charge >= 0.3 is 0 Å².